The number of amides is 3. The molecule has 1 saturated heterocycles. The lowest BCUT2D eigenvalue weighted by Crippen LogP contribution is -2.51. The largest absolute Gasteiger partial charge is 0.323 e. The number of halogens is 3. The van der Waals surface area contributed by atoms with Crippen LogP contribution in [-0.4, -0.2) is 29.1 Å². The van der Waals surface area contributed by atoms with Crippen molar-refractivity contribution in [2.75, 3.05) is 22.5 Å². The molecule has 3 amide bonds. The highest BCUT2D eigenvalue weighted by atomic mass is 35.5. The van der Waals surface area contributed by atoms with E-state index in [4.69, 9.17) is 11.6 Å². The third-order valence-electron chi connectivity index (χ3n) is 6.11. The number of thioether (sulfide) groups is 1. The normalized spacial score (nSPS) is 19.1. The molecule has 0 bridgehead atoms. The summed E-state index contributed by atoms with van der Waals surface area (Å²) in [6.07, 6.45) is 0. The van der Waals surface area contributed by atoms with Crippen LogP contribution < -0.4 is 10.2 Å². The highest BCUT2D eigenvalue weighted by Crippen LogP contribution is 2.54. The molecule has 1 spiro atoms. The maximum Gasteiger partial charge on any atom is 0.323 e. The predicted molar refractivity (Wildman–Crippen MR) is 130 cm³/mol. The summed E-state index contributed by atoms with van der Waals surface area (Å²) >= 11 is 7.57. The fourth-order valence-electron chi connectivity index (χ4n) is 4.41. The first kappa shape index (κ1) is 22.7. The van der Waals surface area contributed by atoms with Crippen molar-refractivity contribution in [3.63, 3.8) is 0 Å². The van der Waals surface area contributed by atoms with Crippen molar-refractivity contribution in [1.29, 1.82) is 0 Å². The number of anilines is 2. The van der Waals surface area contributed by atoms with Crippen LogP contribution in [0.25, 0.3) is 0 Å². The quantitative estimate of drug-likeness (QED) is 0.487. The van der Waals surface area contributed by atoms with Crippen LogP contribution in [0, 0.1) is 18.6 Å². The van der Waals surface area contributed by atoms with Gasteiger partial charge in [0.05, 0.1) is 12.2 Å². The van der Waals surface area contributed by atoms with Crippen LogP contribution in [0.3, 0.4) is 0 Å². The molecule has 5 rings (SSSR count). The number of nitrogens with zero attached hydrogens (tertiary/aromatic N) is 2. The van der Waals surface area contributed by atoms with Gasteiger partial charge in [-0.05, 0) is 36.8 Å². The van der Waals surface area contributed by atoms with E-state index in [1.807, 2.05) is 19.1 Å². The van der Waals surface area contributed by atoms with Gasteiger partial charge >= 0.3 is 6.03 Å². The summed E-state index contributed by atoms with van der Waals surface area (Å²) in [5.41, 5.74) is 2.87. The Hall–Kier alpha value is -3.10. The van der Waals surface area contributed by atoms with Crippen molar-refractivity contribution in [3.8, 4) is 0 Å². The Labute approximate surface area is 204 Å². The van der Waals surface area contributed by atoms with E-state index in [1.54, 1.807) is 30.3 Å². The lowest BCUT2D eigenvalue weighted by Gasteiger charge is -2.33. The zero-order valence-corrected chi connectivity index (χ0v) is 19.7. The molecule has 3 aromatic carbocycles. The van der Waals surface area contributed by atoms with E-state index in [9.17, 15) is 18.4 Å². The minimum atomic E-state index is -1.27. The second-order valence-electron chi connectivity index (χ2n) is 8.18. The topological polar surface area (TPSA) is 52.7 Å². The van der Waals surface area contributed by atoms with Crippen molar-refractivity contribution in [3.05, 3.63) is 94.0 Å². The number of carbonyl (C=O) groups is 2. The Morgan fingerprint density at radius 2 is 1.94 bits per heavy atom. The lowest BCUT2D eigenvalue weighted by atomic mass is 10.1. The van der Waals surface area contributed by atoms with Crippen LogP contribution in [0.1, 0.15) is 16.7 Å². The zero-order valence-electron chi connectivity index (χ0n) is 18.1. The SMILES string of the molecule is Cc1ccc(NC(=O)N2CCS[C@@]23C(=O)N(Cc2ccc(F)cc2F)c2ccccc23)cc1Cl. The lowest BCUT2D eigenvalue weighted by molar-refractivity contribution is -0.123. The van der Waals surface area contributed by atoms with Gasteiger partial charge in [-0.1, -0.05) is 41.9 Å². The number of aryl methyl sites for hydroxylation is 1. The van der Waals surface area contributed by atoms with Gasteiger partial charge in [0.2, 0.25) is 0 Å². The monoisotopic (exact) mass is 499 g/mol. The Morgan fingerprint density at radius 1 is 1.15 bits per heavy atom. The molecule has 1 N–H and O–H groups in total. The molecular formula is C25H20ClF2N3O2S. The van der Waals surface area contributed by atoms with Crippen LogP contribution in [0.15, 0.2) is 60.7 Å². The van der Waals surface area contributed by atoms with Gasteiger partial charge in [0, 0.05) is 40.2 Å². The van der Waals surface area contributed by atoms with E-state index < -0.39 is 22.5 Å². The fourth-order valence-corrected chi connectivity index (χ4v) is 6.05. The molecule has 0 unspecified atom stereocenters. The molecule has 0 aromatic heterocycles. The van der Waals surface area contributed by atoms with Gasteiger partial charge in [-0.3, -0.25) is 9.69 Å². The Bertz CT molecular complexity index is 1320. The van der Waals surface area contributed by atoms with Crippen molar-refractivity contribution in [2.24, 2.45) is 0 Å². The number of rotatable bonds is 3. The number of hydrogen-bond acceptors (Lipinski definition) is 3. The van der Waals surface area contributed by atoms with Gasteiger partial charge in [-0.25, -0.2) is 13.6 Å². The summed E-state index contributed by atoms with van der Waals surface area (Å²) in [7, 11) is 0. The van der Waals surface area contributed by atoms with Crippen LogP contribution in [-0.2, 0) is 16.2 Å². The first-order valence-corrected chi connectivity index (χ1v) is 12.0. The van der Waals surface area contributed by atoms with E-state index in [1.165, 1.54) is 27.6 Å². The Morgan fingerprint density at radius 3 is 2.71 bits per heavy atom. The standard InChI is InChI=1S/C25H20ClF2N3O2S/c1-15-6-9-18(13-20(15)26)29-24(33)31-10-11-34-25(31)19-4-2-3-5-22(19)30(23(25)32)14-16-7-8-17(27)12-21(16)28/h2-9,12-13H,10-11,14H2,1H3,(H,29,33)/t25-/m0/s1. The molecule has 0 radical (unpaired) electrons. The van der Waals surface area contributed by atoms with Gasteiger partial charge < -0.3 is 10.2 Å². The first-order valence-electron chi connectivity index (χ1n) is 10.7. The van der Waals surface area contributed by atoms with E-state index >= 15 is 0 Å². The summed E-state index contributed by atoms with van der Waals surface area (Å²) < 4.78 is 27.8. The van der Waals surface area contributed by atoms with Gasteiger partial charge in [0.1, 0.15) is 11.6 Å². The minimum absolute atomic E-state index is 0.0761. The van der Waals surface area contributed by atoms with Crippen LogP contribution in [0.2, 0.25) is 5.02 Å². The highest BCUT2D eigenvalue weighted by Gasteiger charge is 2.59. The zero-order chi connectivity index (χ0) is 24.0. The number of hydrogen-bond donors (Lipinski definition) is 1. The molecular weight excluding hydrogens is 480 g/mol. The molecule has 1 fully saturated rings. The van der Waals surface area contributed by atoms with Crippen molar-refractivity contribution >= 4 is 46.7 Å². The molecule has 2 aliphatic rings. The summed E-state index contributed by atoms with van der Waals surface area (Å²) in [6, 6.07) is 15.3. The first-order chi connectivity index (χ1) is 16.3. The maximum atomic E-state index is 14.4. The molecule has 2 heterocycles. The number of fused-ring (bicyclic) bond motifs is 2. The number of para-hydroxylation sites is 1. The molecule has 2 aliphatic heterocycles. The molecule has 0 aliphatic carbocycles. The van der Waals surface area contributed by atoms with Gasteiger partial charge in [-0.2, -0.15) is 0 Å². The molecule has 34 heavy (non-hydrogen) atoms. The molecule has 3 aromatic rings. The Kier molecular flexibility index (Phi) is 5.73. The molecule has 1 atom stereocenters. The van der Waals surface area contributed by atoms with Gasteiger partial charge in [0.15, 0.2) is 4.87 Å². The second-order valence-corrected chi connectivity index (χ2v) is 9.88. The van der Waals surface area contributed by atoms with E-state index in [2.05, 4.69) is 5.32 Å². The second kappa shape index (κ2) is 8.60. The number of carbonyl (C=O) groups excluding carboxylic acids is 2. The van der Waals surface area contributed by atoms with Gasteiger partial charge in [0.25, 0.3) is 5.91 Å². The summed E-state index contributed by atoms with van der Waals surface area (Å²) in [4.78, 5) is 29.0. The average molecular weight is 500 g/mol. The minimum Gasteiger partial charge on any atom is -0.308 e. The smallest absolute Gasteiger partial charge is 0.308 e. The summed E-state index contributed by atoms with van der Waals surface area (Å²) in [6.45, 7) is 2.15. The van der Waals surface area contributed by atoms with E-state index in [0.717, 1.165) is 17.7 Å². The third-order valence-corrected chi connectivity index (χ3v) is 7.94. The van der Waals surface area contributed by atoms with Crippen molar-refractivity contribution in [1.82, 2.24) is 4.90 Å². The highest BCUT2D eigenvalue weighted by molar-refractivity contribution is 8.01. The van der Waals surface area contributed by atoms with Crippen LogP contribution in [0.4, 0.5) is 25.0 Å². The fraction of sp³-hybridized carbons (Fsp3) is 0.200. The van der Waals surface area contributed by atoms with Crippen molar-refractivity contribution < 1.29 is 18.4 Å². The Balaban J connectivity index is 1.50. The van der Waals surface area contributed by atoms with Crippen LogP contribution >= 0.6 is 23.4 Å². The number of urea groups is 1. The van der Waals surface area contributed by atoms with E-state index in [0.29, 0.717) is 34.3 Å². The summed E-state index contributed by atoms with van der Waals surface area (Å²) in [5.74, 6) is -1.19. The van der Waals surface area contributed by atoms with Gasteiger partial charge in [-0.15, -0.1) is 11.8 Å². The molecule has 0 saturated carbocycles. The van der Waals surface area contributed by atoms with E-state index in [-0.39, 0.29) is 18.0 Å². The molecule has 9 heteroatoms. The van der Waals surface area contributed by atoms with Crippen LogP contribution in [0.5, 0.6) is 0 Å². The maximum absolute atomic E-state index is 14.4. The average Bonchev–Trinajstić information content (AvgIpc) is 3.35. The predicted octanol–water partition coefficient (Wildman–Crippen LogP) is 5.91. The molecule has 174 valence electrons. The number of nitrogens with one attached hydrogen (secondary N) is 1. The molecule has 5 nitrogen and oxygen atoms in total. The number of benzene rings is 3. The third kappa shape index (κ3) is 3.61. The summed E-state index contributed by atoms with van der Waals surface area (Å²) in [5, 5.41) is 3.38. The van der Waals surface area contributed by atoms with Crippen molar-refractivity contribution in [2.45, 2.75) is 18.3 Å².